The standard InChI is InChI=1S/C24H28N4O/c1-16(2)24-26-22(25-21-7-5-4-6-8-21)14-23(27-24)28-12-11-19-13-18(17(3)29)9-10-20(19)15-28/h4-10,13-14,16-17,29H,11-12,15H2,1-3H3,(H,25,26,27)/t17-/m1/s1. The number of para-hydroxylation sites is 1. The Morgan fingerprint density at radius 1 is 0.966 bits per heavy atom. The SMILES string of the molecule is CC(C)c1nc(Nc2ccccc2)cc(N2CCc3cc([C@@H](C)O)ccc3C2)n1. The van der Waals surface area contributed by atoms with Gasteiger partial charge in [-0.05, 0) is 42.2 Å². The first-order valence-corrected chi connectivity index (χ1v) is 10.3. The molecule has 0 unspecified atom stereocenters. The van der Waals surface area contributed by atoms with Crippen LogP contribution in [0.25, 0.3) is 0 Å². The molecule has 3 aromatic rings. The summed E-state index contributed by atoms with van der Waals surface area (Å²) in [6.45, 7) is 7.76. The molecule has 0 spiro atoms. The minimum atomic E-state index is -0.430. The van der Waals surface area contributed by atoms with Gasteiger partial charge in [-0.2, -0.15) is 0 Å². The van der Waals surface area contributed by atoms with Crippen LogP contribution in [-0.4, -0.2) is 21.6 Å². The van der Waals surface area contributed by atoms with Crippen molar-refractivity contribution in [2.45, 2.75) is 45.8 Å². The second-order valence-corrected chi connectivity index (χ2v) is 7.99. The lowest BCUT2D eigenvalue weighted by Gasteiger charge is -2.31. The lowest BCUT2D eigenvalue weighted by Crippen LogP contribution is -2.31. The molecule has 0 amide bonds. The van der Waals surface area contributed by atoms with Crippen molar-refractivity contribution in [2.24, 2.45) is 0 Å². The van der Waals surface area contributed by atoms with E-state index in [1.165, 1.54) is 11.1 Å². The predicted octanol–water partition coefficient (Wildman–Crippen LogP) is 4.96. The van der Waals surface area contributed by atoms with Crippen LogP contribution in [0, 0.1) is 0 Å². The van der Waals surface area contributed by atoms with Gasteiger partial charge in [0.1, 0.15) is 17.5 Å². The van der Waals surface area contributed by atoms with Crippen LogP contribution in [0.4, 0.5) is 17.3 Å². The Bertz CT molecular complexity index is 985. The summed E-state index contributed by atoms with van der Waals surface area (Å²) in [5, 5.41) is 13.3. The Labute approximate surface area is 172 Å². The van der Waals surface area contributed by atoms with Gasteiger partial charge in [0.25, 0.3) is 0 Å². The summed E-state index contributed by atoms with van der Waals surface area (Å²) in [6, 6.07) is 18.4. The molecule has 0 radical (unpaired) electrons. The molecule has 2 aromatic carbocycles. The predicted molar refractivity (Wildman–Crippen MR) is 118 cm³/mol. The molecule has 0 saturated carbocycles. The highest BCUT2D eigenvalue weighted by molar-refractivity contribution is 5.60. The van der Waals surface area contributed by atoms with Gasteiger partial charge < -0.3 is 15.3 Å². The first kappa shape index (κ1) is 19.4. The van der Waals surface area contributed by atoms with E-state index in [-0.39, 0.29) is 5.92 Å². The van der Waals surface area contributed by atoms with E-state index in [2.05, 4.69) is 36.2 Å². The van der Waals surface area contributed by atoms with Crippen molar-refractivity contribution in [3.8, 4) is 0 Å². The molecule has 4 rings (SSSR count). The Morgan fingerprint density at radius 2 is 1.76 bits per heavy atom. The summed E-state index contributed by atoms with van der Waals surface area (Å²) >= 11 is 0. The number of anilines is 3. The molecule has 0 aliphatic carbocycles. The van der Waals surface area contributed by atoms with E-state index in [0.29, 0.717) is 0 Å². The summed E-state index contributed by atoms with van der Waals surface area (Å²) in [5.41, 5.74) is 4.61. The number of aliphatic hydroxyl groups is 1. The lowest BCUT2D eigenvalue weighted by molar-refractivity contribution is 0.199. The molecule has 2 heterocycles. The monoisotopic (exact) mass is 388 g/mol. The fourth-order valence-electron chi connectivity index (χ4n) is 3.63. The van der Waals surface area contributed by atoms with Gasteiger partial charge in [-0.1, -0.05) is 50.2 Å². The number of aromatic nitrogens is 2. The number of nitrogens with one attached hydrogen (secondary N) is 1. The van der Waals surface area contributed by atoms with E-state index >= 15 is 0 Å². The van der Waals surface area contributed by atoms with Crippen molar-refractivity contribution < 1.29 is 5.11 Å². The van der Waals surface area contributed by atoms with Crippen LogP contribution in [0.15, 0.2) is 54.6 Å². The van der Waals surface area contributed by atoms with Crippen LogP contribution >= 0.6 is 0 Å². The highest BCUT2D eigenvalue weighted by atomic mass is 16.3. The van der Waals surface area contributed by atoms with E-state index in [1.54, 1.807) is 0 Å². The van der Waals surface area contributed by atoms with Crippen LogP contribution in [0.2, 0.25) is 0 Å². The second kappa shape index (κ2) is 8.21. The maximum atomic E-state index is 9.86. The molecule has 29 heavy (non-hydrogen) atoms. The summed E-state index contributed by atoms with van der Waals surface area (Å²) in [4.78, 5) is 11.9. The van der Waals surface area contributed by atoms with E-state index in [9.17, 15) is 5.11 Å². The van der Waals surface area contributed by atoms with Gasteiger partial charge in [-0.15, -0.1) is 0 Å². The van der Waals surface area contributed by atoms with Gasteiger partial charge >= 0.3 is 0 Å². The summed E-state index contributed by atoms with van der Waals surface area (Å²) < 4.78 is 0. The zero-order valence-electron chi connectivity index (χ0n) is 17.3. The molecule has 1 aliphatic heterocycles. The van der Waals surface area contributed by atoms with E-state index < -0.39 is 6.10 Å². The van der Waals surface area contributed by atoms with E-state index in [1.807, 2.05) is 49.4 Å². The number of rotatable bonds is 5. The van der Waals surface area contributed by atoms with Gasteiger partial charge in [0.2, 0.25) is 0 Å². The van der Waals surface area contributed by atoms with Crippen molar-refractivity contribution in [1.29, 1.82) is 0 Å². The van der Waals surface area contributed by atoms with Crippen LogP contribution in [0.3, 0.4) is 0 Å². The number of hydrogen-bond donors (Lipinski definition) is 2. The van der Waals surface area contributed by atoms with Crippen LogP contribution in [-0.2, 0) is 13.0 Å². The quantitative estimate of drug-likeness (QED) is 0.647. The average molecular weight is 389 g/mol. The largest absolute Gasteiger partial charge is 0.389 e. The fourth-order valence-corrected chi connectivity index (χ4v) is 3.63. The summed E-state index contributed by atoms with van der Waals surface area (Å²) in [7, 11) is 0. The normalized spacial score (nSPS) is 14.6. The fraction of sp³-hybridized carbons (Fsp3) is 0.333. The molecule has 5 nitrogen and oxygen atoms in total. The highest BCUT2D eigenvalue weighted by Crippen LogP contribution is 2.28. The third kappa shape index (κ3) is 4.40. The van der Waals surface area contributed by atoms with Crippen LogP contribution < -0.4 is 10.2 Å². The Hall–Kier alpha value is -2.92. The molecule has 0 bridgehead atoms. The van der Waals surface area contributed by atoms with Crippen molar-refractivity contribution in [3.63, 3.8) is 0 Å². The molecule has 1 aromatic heterocycles. The number of hydrogen-bond acceptors (Lipinski definition) is 5. The Balaban J connectivity index is 1.62. The smallest absolute Gasteiger partial charge is 0.136 e. The van der Waals surface area contributed by atoms with Crippen molar-refractivity contribution in [3.05, 3.63) is 77.1 Å². The lowest BCUT2D eigenvalue weighted by atomic mass is 9.96. The molecule has 150 valence electrons. The van der Waals surface area contributed by atoms with Crippen molar-refractivity contribution >= 4 is 17.3 Å². The zero-order valence-corrected chi connectivity index (χ0v) is 17.3. The van der Waals surface area contributed by atoms with Crippen molar-refractivity contribution in [2.75, 3.05) is 16.8 Å². The zero-order chi connectivity index (χ0) is 20.4. The van der Waals surface area contributed by atoms with E-state index in [4.69, 9.17) is 9.97 Å². The summed E-state index contributed by atoms with van der Waals surface area (Å²) in [5.74, 6) is 2.86. The van der Waals surface area contributed by atoms with Crippen LogP contribution in [0.1, 0.15) is 55.3 Å². The Kier molecular flexibility index (Phi) is 5.49. The number of nitrogens with zero attached hydrogens (tertiary/aromatic N) is 3. The minimum absolute atomic E-state index is 0.247. The van der Waals surface area contributed by atoms with Gasteiger partial charge in [0.05, 0.1) is 6.10 Å². The molecule has 1 atom stereocenters. The van der Waals surface area contributed by atoms with Crippen LogP contribution in [0.5, 0.6) is 0 Å². The number of fused-ring (bicyclic) bond motifs is 1. The number of benzene rings is 2. The molecular formula is C24H28N4O. The summed E-state index contributed by atoms with van der Waals surface area (Å²) in [6.07, 6.45) is 0.513. The first-order valence-electron chi connectivity index (χ1n) is 10.3. The molecule has 0 fully saturated rings. The van der Waals surface area contributed by atoms with Gasteiger partial charge in [-0.3, -0.25) is 0 Å². The van der Waals surface area contributed by atoms with Crippen molar-refractivity contribution in [1.82, 2.24) is 9.97 Å². The third-order valence-corrected chi connectivity index (χ3v) is 5.34. The first-order chi connectivity index (χ1) is 14.0. The van der Waals surface area contributed by atoms with Gasteiger partial charge in [0, 0.05) is 30.8 Å². The van der Waals surface area contributed by atoms with Gasteiger partial charge in [0.15, 0.2) is 0 Å². The topological polar surface area (TPSA) is 61.3 Å². The third-order valence-electron chi connectivity index (χ3n) is 5.34. The maximum Gasteiger partial charge on any atom is 0.136 e. The molecular weight excluding hydrogens is 360 g/mol. The average Bonchev–Trinajstić information content (AvgIpc) is 2.73. The maximum absolute atomic E-state index is 9.86. The Morgan fingerprint density at radius 3 is 2.48 bits per heavy atom. The molecule has 5 heteroatoms. The number of aliphatic hydroxyl groups excluding tert-OH is 1. The second-order valence-electron chi connectivity index (χ2n) is 7.99. The van der Waals surface area contributed by atoms with Gasteiger partial charge in [-0.25, -0.2) is 9.97 Å². The molecule has 0 saturated heterocycles. The highest BCUT2D eigenvalue weighted by Gasteiger charge is 2.20. The van der Waals surface area contributed by atoms with E-state index in [0.717, 1.165) is 48.2 Å². The molecule has 1 aliphatic rings. The molecule has 2 N–H and O–H groups in total. The minimum Gasteiger partial charge on any atom is -0.389 e.